The molecule has 1 aliphatic heterocycles. The molecular formula is C22H28N2O5S. The van der Waals surface area contributed by atoms with E-state index in [0.29, 0.717) is 30.4 Å². The molecule has 7 nitrogen and oxygen atoms in total. The Morgan fingerprint density at radius 2 is 1.70 bits per heavy atom. The minimum absolute atomic E-state index is 0.262. The number of nitrogens with one attached hydrogen (secondary N) is 1. The van der Waals surface area contributed by atoms with Crippen LogP contribution in [-0.4, -0.2) is 39.8 Å². The van der Waals surface area contributed by atoms with E-state index in [2.05, 4.69) is 5.32 Å². The Bertz CT molecular complexity index is 1050. The number of anilines is 1. The first-order valence-electron chi connectivity index (χ1n) is 9.84. The largest absolute Gasteiger partial charge is 0.486 e. The van der Waals surface area contributed by atoms with Gasteiger partial charge in [0.05, 0.1) is 18.0 Å². The van der Waals surface area contributed by atoms with E-state index >= 15 is 0 Å². The molecule has 0 radical (unpaired) electrons. The van der Waals surface area contributed by atoms with Crippen molar-refractivity contribution in [3.63, 3.8) is 0 Å². The maximum Gasteiger partial charge on any atom is 0.244 e. The normalized spacial score (nSPS) is 15.2. The molecule has 2 aromatic carbocycles. The van der Waals surface area contributed by atoms with Gasteiger partial charge in [0.25, 0.3) is 0 Å². The summed E-state index contributed by atoms with van der Waals surface area (Å²) >= 11 is 0. The van der Waals surface area contributed by atoms with Crippen molar-refractivity contribution in [2.24, 2.45) is 0 Å². The van der Waals surface area contributed by atoms with E-state index < -0.39 is 16.1 Å². The fraction of sp³-hybridized carbons (Fsp3) is 0.409. The number of amides is 1. The Kier molecular flexibility index (Phi) is 6.26. The molecule has 2 atom stereocenters. The molecule has 2 aromatic rings. The highest BCUT2D eigenvalue weighted by atomic mass is 32.2. The number of hydrogen-bond acceptors (Lipinski definition) is 5. The van der Waals surface area contributed by atoms with Gasteiger partial charge in [-0.05, 0) is 51.0 Å². The van der Waals surface area contributed by atoms with Crippen LogP contribution in [0.5, 0.6) is 11.5 Å². The number of carbonyl (C=O) groups excluding carboxylic acids is 1. The zero-order valence-corrected chi connectivity index (χ0v) is 18.7. The van der Waals surface area contributed by atoms with E-state index in [0.717, 1.165) is 27.3 Å². The molecule has 1 heterocycles. The zero-order chi connectivity index (χ0) is 22.1. The summed E-state index contributed by atoms with van der Waals surface area (Å²) in [6, 6.07) is 9.71. The third-order valence-electron chi connectivity index (χ3n) is 5.13. The van der Waals surface area contributed by atoms with Crippen LogP contribution >= 0.6 is 0 Å². The second kappa shape index (κ2) is 8.55. The topological polar surface area (TPSA) is 84.9 Å². The molecule has 1 N–H and O–H groups in total. The first-order chi connectivity index (χ1) is 14.1. The van der Waals surface area contributed by atoms with Gasteiger partial charge in [0.2, 0.25) is 15.9 Å². The molecule has 1 amide bonds. The molecule has 3 rings (SSSR count). The molecule has 162 valence electrons. The Balaban J connectivity index is 1.86. The number of ether oxygens (including phenoxy) is 2. The highest BCUT2D eigenvalue weighted by Crippen LogP contribution is 2.35. The van der Waals surface area contributed by atoms with Crippen molar-refractivity contribution in [3.05, 3.63) is 53.1 Å². The van der Waals surface area contributed by atoms with Crippen molar-refractivity contribution < 1.29 is 22.7 Å². The predicted molar refractivity (Wildman–Crippen MR) is 117 cm³/mol. The third kappa shape index (κ3) is 4.70. The lowest BCUT2D eigenvalue weighted by Crippen LogP contribution is -2.48. The lowest BCUT2D eigenvalue weighted by atomic mass is 10.00. The first-order valence-corrected chi connectivity index (χ1v) is 11.7. The van der Waals surface area contributed by atoms with Gasteiger partial charge in [-0.3, -0.25) is 9.10 Å². The van der Waals surface area contributed by atoms with Gasteiger partial charge < -0.3 is 14.8 Å². The number of fused-ring (bicyclic) bond motifs is 1. The third-order valence-corrected chi connectivity index (χ3v) is 6.37. The molecule has 0 saturated heterocycles. The van der Waals surface area contributed by atoms with E-state index in [1.54, 1.807) is 25.1 Å². The minimum atomic E-state index is -3.73. The van der Waals surface area contributed by atoms with E-state index in [1.807, 2.05) is 39.0 Å². The van der Waals surface area contributed by atoms with Crippen LogP contribution in [0.2, 0.25) is 0 Å². The van der Waals surface area contributed by atoms with E-state index in [-0.39, 0.29) is 11.9 Å². The number of benzene rings is 2. The number of aryl methyl sites for hydroxylation is 2. The van der Waals surface area contributed by atoms with Crippen LogP contribution in [-0.2, 0) is 14.8 Å². The van der Waals surface area contributed by atoms with Crippen LogP contribution in [0.25, 0.3) is 0 Å². The van der Waals surface area contributed by atoms with Crippen molar-refractivity contribution in [2.45, 2.75) is 39.8 Å². The standard InChI is InChI=1S/C22H28N2O5S/c1-14-6-7-15(2)19(12-14)16(3)23-22(25)17(4)24(30(5,26)27)18-8-9-20-21(13-18)29-11-10-28-20/h6-9,12-13,16-17H,10-11H2,1-5H3,(H,23,25)/t16-,17+/m0/s1. The van der Waals surface area contributed by atoms with Crippen molar-refractivity contribution in [3.8, 4) is 11.5 Å². The van der Waals surface area contributed by atoms with E-state index in [1.165, 1.54) is 0 Å². The number of rotatable bonds is 6. The lowest BCUT2D eigenvalue weighted by molar-refractivity contribution is -0.122. The second-order valence-electron chi connectivity index (χ2n) is 7.65. The summed E-state index contributed by atoms with van der Waals surface area (Å²) in [7, 11) is -3.73. The van der Waals surface area contributed by atoms with Gasteiger partial charge in [-0.25, -0.2) is 8.42 Å². The Labute approximate surface area is 178 Å². The molecule has 30 heavy (non-hydrogen) atoms. The quantitative estimate of drug-likeness (QED) is 0.758. The van der Waals surface area contributed by atoms with Crippen molar-refractivity contribution in [1.29, 1.82) is 0 Å². The van der Waals surface area contributed by atoms with Crippen LogP contribution in [0.1, 0.15) is 36.6 Å². The molecule has 0 aliphatic carbocycles. The lowest BCUT2D eigenvalue weighted by Gasteiger charge is -2.30. The highest BCUT2D eigenvalue weighted by molar-refractivity contribution is 7.92. The maximum absolute atomic E-state index is 13.0. The summed E-state index contributed by atoms with van der Waals surface area (Å²) in [5, 5.41) is 2.95. The van der Waals surface area contributed by atoms with Gasteiger partial charge in [-0.15, -0.1) is 0 Å². The van der Waals surface area contributed by atoms with Crippen LogP contribution in [0.4, 0.5) is 5.69 Å². The second-order valence-corrected chi connectivity index (χ2v) is 9.51. The van der Waals surface area contributed by atoms with Gasteiger partial charge in [0.15, 0.2) is 11.5 Å². The summed E-state index contributed by atoms with van der Waals surface area (Å²) in [5.41, 5.74) is 3.51. The Morgan fingerprint density at radius 3 is 2.37 bits per heavy atom. The monoisotopic (exact) mass is 432 g/mol. The van der Waals surface area contributed by atoms with Gasteiger partial charge in [0.1, 0.15) is 19.3 Å². The molecule has 8 heteroatoms. The summed E-state index contributed by atoms with van der Waals surface area (Å²) in [6.07, 6.45) is 1.09. The molecule has 0 aromatic heterocycles. The van der Waals surface area contributed by atoms with Gasteiger partial charge in [-0.2, -0.15) is 0 Å². The molecular weight excluding hydrogens is 404 g/mol. The van der Waals surface area contributed by atoms with Crippen LogP contribution < -0.4 is 19.1 Å². The first kappa shape index (κ1) is 22.0. The summed E-state index contributed by atoms with van der Waals surface area (Å²) in [5.74, 6) is 0.631. The molecule has 1 aliphatic rings. The summed E-state index contributed by atoms with van der Waals surface area (Å²) in [6.45, 7) is 8.27. The van der Waals surface area contributed by atoms with Crippen molar-refractivity contribution in [1.82, 2.24) is 5.32 Å². The smallest absolute Gasteiger partial charge is 0.244 e. The SMILES string of the molecule is Cc1ccc(C)c([C@H](C)NC(=O)[C@@H](C)N(c2ccc3c(c2)OCCO3)S(C)(=O)=O)c1. The fourth-order valence-electron chi connectivity index (χ4n) is 3.62. The molecule has 0 unspecified atom stereocenters. The molecule has 0 spiro atoms. The van der Waals surface area contributed by atoms with Crippen LogP contribution in [0.15, 0.2) is 36.4 Å². The Hall–Kier alpha value is -2.74. The number of carbonyl (C=O) groups is 1. The molecule has 0 bridgehead atoms. The van der Waals surface area contributed by atoms with E-state index in [9.17, 15) is 13.2 Å². The molecule has 0 fully saturated rings. The van der Waals surface area contributed by atoms with Crippen LogP contribution in [0.3, 0.4) is 0 Å². The average Bonchev–Trinajstić information content (AvgIpc) is 2.68. The van der Waals surface area contributed by atoms with Gasteiger partial charge >= 0.3 is 0 Å². The predicted octanol–water partition coefficient (Wildman–Crippen LogP) is 3.11. The van der Waals surface area contributed by atoms with Crippen molar-refractivity contribution >= 4 is 21.6 Å². The van der Waals surface area contributed by atoms with Gasteiger partial charge in [-0.1, -0.05) is 23.8 Å². The zero-order valence-electron chi connectivity index (χ0n) is 17.9. The maximum atomic E-state index is 13.0. The Morgan fingerprint density at radius 1 is 1.03 bits per heavy atom. The van der Waals surface area contributed by atoms with Crippen LogP contribution in [0, 0.1) is 13.8 Å². The van der Waals surface area contributed by atoms with Crippen molar-refractivity contribution in [2.75, 3.05) is 23.8 Å². The molecule has 0 saturated carbocycles. The number of sulfonamides is 1. The van der Waals surface area contributed by atoms with E-state index in [4.69, 9.17) is 9.47 Å². The fourth-order valence-corrected chi connectivity index (χ4v) is 4.78. The summed E-state index contributed by atoms with van der Waals surface area (Å²) < 4.78 is 37.3. The van der Waals surface area contributed by atoms with Gasteiger partial charge in [0, 0.05) is 6.07 Å². The minimum Gasteiger partial charge on any atom is -0.486 e. The average molecular weight is 433 g/mol. The summed E-state index contributed by atoms with van der Waals surface area (Å²) in [4.78, 5) is 13.0. The number of nitrogens with zero attached hydrogens (tertiary/aromatic N) is 1. The highest BCUT2D eigenvalue weighted by Gasteiger charge is 2.31. The number of hydrogen-bond donors (Lipinski definition) is 1.